The highest BCUT2D eigenvalue weighted by Gasteiger charge is 2.22. The van der Waals surface area contributed by atoms with Gasteiger partial charge in [-0.25, -0.2) is 4.98 Å². The summed E-state index contributed by atoms with van der Waals surface area (Å²) in [5, 5.41) is 7.59. The summed E-state index contributed by atoms with van der Waals surface area (Å²) in [6.07, 6.45) is 0. The Kier molecular flexibility index (Phi) is 4.75. The third kappa shape index (κ3) is 3.34. The molecule has 2 aromatic rings. The normalized spacial score (nSPS) is 13.5. The first kappa shape index (κ1) is 15.8. The van der Waals surface area contributed by atoms with Crippen LogP contribution in [0.3, 0.4) is 0 Å². The van der Waals surface area contributed by atoms with Crippen LogP contribution < -0.4 is 5.32 Å². The van der Waals surface area contributed by atoms with Gasteiger partial charge in [-0.2, -0.15) is 0 Å². The van der Waals surface area contributed by atoms with Gasteiger partial charge in [-0.15, -0.1) is 11.3 Å². The summed E-state index contributed by atoms with van der Waals surface area (Å²) in [4.78, 5) is 4.76. The zero-order chi connectivity index (χ0) is 14.9. The van der Waals surface area contributed by atoms with Crippen LogP contribution >= 0.6 is 34.5 Å². The van der Waals surface area contributed by atoms with Gasteiger partial charge in [0, 0.05) is 10.8 Å². The molecule has 0 bridgehead atoms. The highest BCUT2D eigenvalue weighted by Crippen LogP contribution is 2.32. The van der Waals surface area contributed by atoms with E-state index in [9.17, 15) is 0 Å². The molecule has 0 aliphatic carbocycles. The Morgan fingerprint density at radius 3 is 2.40 bits per heavy atom. The quantitative estimate of drug-likeness (QED) is 0.852. The molecule has 0 amide bonds. The molecule has 0 saturated carbocycles. The van der Waals surface area contributed by atoms with E-state index in [1.54, 1.807) is 11.3 Å². The first-order valence-corrected chi connectivity index (χ1v) is 8.04. The second kappa shape index (κ2) is 6.02. The summed E-state index contributed by atoms with van der Waals surface area (Å²) in [5.74, 6) is 0. The van der Waals surface area contributed by atoms with Crippen LogP contribution in [0, 0.1) is 0 Å². The van der Waals surface area contributed by atoms with Gasteiger partial charge < -0.3 is 5.32 Å². The van der Waals surface area contributed by atoms with Crippen molar-refractivity contribution in [2.45, 2.75) is 32.2 Å². The Hall–Kier alpha value is -0.610. The Morgan fingerprint density at radius 2 is 1.90 bits per heavy atom. The van der Waals surface area contributed by atoms with Crippen molar-refractivity contribution in [3.8, 4) is 0 Å². The Morgan fingerprint density at radius 1 is 1.20 bits per heavy atom. The van der Waals surface area contributed by atoms with Crippen LogP contribution in [0.5, 0.6) is 0 Å². The van der Waals surface area contributed by atoms with E-state index in [4.69, 9.17) is 28.2 Å². The fourth-order valence-corrected chi connectivity index (χ4v) is 3.38. The number of halogens is 2. The molecule has 0 spiro atoms. The number of thiazole rings is 1. The molecule has 1 heterocycles. The van der Waals surface area contributed by atoms with Gasteiger partial charge in [0.2, 0.25) is 0 Å². The molecule has 1 aromatic heterocycles. The number of hydrogen-bond donors (Lipinski definition) is 1. The molecule has 1 atom stereocenters. The number of nitrogens with one attached hydrogen (secondary N) is 1. The topological polar surface area (TPSA) is 24.9 Å². The summed E-state index contributed by atoms with van der Waals surface area (Å²) < 4.78 is 0. The minimum absolute atomic E-state index is 0.0332. The largest absolute Gasteiger partial charge is 0.307 e. The maximum atomic E-state index is 6.10. The first-order valence-electron chi connectivity index (χ1n) is 6.41. The smallest absolute Gasteiger partial charge is 0.114 e. The molecule has 1 unspecified atom stereocenters. The molecule has 0 fully saturated rings. The van der Waals surface area contributed by atoms with Gasteiger partial charge >= 0.3 is 0 Å². The lowest BCUT2D eigenvalue weighted by molar-refractivity contribution is 0.566. The van der Waals surface area contributed by atoms with Gasteiger partial charge in [0.1, 0.15) is 5.01 Å². The molecule has 1 aromatic carbocycles. The first-order chi connectivity index (χ1) is 9.32. The van der Waals surface area contributed by atoms with Crippen molar-refractivity contribution >= 4 is 34.5 Å². The maximum absolute atomic E-state index is 6.10. The van der Waals surface area contributed by atoms with Crippen LogP contribution in [-0.4, -0.2) is 12.0 Å². The van der Waals surface area contributed by atoms with Crippen LogP contribution in [0.2, 0.25) is 10.0 Å². The molecular formula is C15H18Cl2N2S. The van der Waals surface area contributed by atoms with Crippen molar-refractivity contribution in [1.29, 1.82) is 0 Å². The van der Waals surface area contributed by atoms with Gasteiger partial charge in [-0.3, -0.25) is 0 Å². The Balaban J connectivity index is 2.37. The molecule has 0 aliphatic rings. The molecule has 0 saturated heterocycles. The van der Waals surface area contributed by atoms with Crippen molar-refractivity contribution in [1.82, 2.24) is 10.3 Å². The van der Waals surface area contributed by atoms with Crippen LogP contribution in [0.4, 0.5) is 0 Å². The fourth-order valence-electron chi connectivity index (χ4n) is 1.89. The predicted octanol–water partition coefficient (Wildman–Crippen LogP) is 5.06. The van der Waals surface area contributed by atoms with Gasteiger partial charge in [0.15, 0.2) is 0 Å². The third-order valence-corrected chi connectivity index (χ3v) is 4.75. The van der Waals surface area contributed by atoms with Crippen molar-refractivity contribution in [3.63, 3.8) is 0 Å². The molecule has 108 valence electrons. The fraction of sp³-hybridized carbons (Fsp3) is 0.400. The van der Waals surface area contributed by atoms with Gasteiger partial charge in [-0.1, -0.05) is 50.0 Å². The lowest BCUT2D eigenvalue weighted by Crippen LogP contribution is -2.18. The second-order valence-corrected chi connectivity index (χ2v) is 7.42. The summed E-state index contributed by atoms with van der Waals surface area (Å²) in [6, 6.07) is 5.73. The van der Waals surface area contributed by atoms with E-state index in [0.717, 1.165) is 16.3 Å². The minimum Gasteiger partial charge on any atom is -0.307 e. The van der Waals surface area contributed by atoms with E-state index < -0.39 is 0 Å². The number of aromatic nitrogens is 1. The van der Waals surface area contributed by atoms with Crippen LogP contribution in [0.25, 0.3) is 0 Å². The molecule has 0 radical (unpaired) electrons. The van der Waals surface area contributed by atoms with Crippen molar-refractivity contribution < 1.29 is 0 Å². The molecule has 0 aliphatic heterocycles. The van der Waals surface area contributed by atoms with Gasteiger partial charge in [0.25, 0.3) is 0 Å². The lowest BCUT2D eigenvalue weighted by Gasteiger charge is -2.17. The Bertz CT molecular complexity index is 602. The second-order valence-electron chi connectivity index (χ2n) is 5.72. The number of rotatable bonds is 3. The molecule has 5 heteroatoms. The highest BCUT2D eigenvalue weighted by molar-refractivity contribution is 7.09. The summed E-state index contributed by atoms with van der Waals surface area (Å²) in [7, 11) is 1.92. The van der Waals surface area contributed by atoms with E-state index in [0.29, 0.717) is 10.0 Å². The zero-order valence-electron chi connectivity index (χ0n) is 12.0. The van der Waals surface area contributed by atoms with Gasteiger partial charge in [-0.05, 0) is 24.7 Å². The molecule has 2 nitrogen and oxygen atoms in total. The molecule has 1 N–H and O–H groups in total. The molecule has 20 heavy (non-hydrogen) atoms. The SMILES string of the molecule is CNC(c1ccc(Cl)c(Cl)c1)c1nc(C(C)(C)C)cs1. The van der Waals surface area contributed by atoms with Crippen LogP contribution in [0.1, 0.15) is 43.1 Å². The van der Waals surface area contributed by atoms with Crippen LogP contribution in [-0.2, 0) is 5.41 Å². The summed E-state index contributed by atoms with van der Waals surface area (Å²) in [5.41, 5.74) is 2.24. The highest BCUT2D eigenvalue weighted by atomic mass is 35.5. The minimum atomic E-state index is 0.0332. The lowest BCUT2D eigenvalue weighted by atomic mass is 9.93. The molecular weight excluding hydrogens is 311 g/mol. The monoisotopic (exact) mass is 328 g/mol. The maximum Gasteiger partial charge on any atom is 0.114 e. The zero-order valence-corrected chi connectivity index (χ0v) is 14.3. The van der Waals surface area contributed by atoms with Crippen molar-refractivity contribution in [2.24, 2.45) is 0 Å². The van der Waals surface area contributed by atoms with E-state index in [2.05, 4.69) is 31.5 Å². The summed E-state index contributed by atoms with van der Waals surface area (Å²) >= 11 is 13.7. The predicted molar refractivity (Wildman–Crippen MR) is 88.2 cm³/mol. The van der Waals surface area contributed by atoms with E-state index in [1.165, 1.54) is 0 Å². The van der Waals surface area contributed by atoms with Gasteiger partial charge in [0.05, 0.1) is 21.8 Å². The molecule has 2 rings (SSSR count). The van der Waals surface area contributed by atoms with E-state index in [-0.39, 0.29) is 11.5 Å². The standard InChI is InChI=1S/C15H18Cl2N2S/c1-15(2,3)12-8-20-14(19-12)13(18-4)9-5-6-10(16)11(17)7-9/h5-8,13,18H,1-4H3. The average molecular weight is 329 g/mol. The Labute approximate surface area is 134 Å². The number of nitrogens with zero attached hydrogens (tertiary/aromatic N) is 1. The van der Waals surface area contributed by atoms with Crippen molar-refractivity contribution in [2.75, 3.05) is 7.05 Å². The van der Waals surface area contributed by atoms with Crippen molar-refractivity contribution in [3.05, 3.63) is 49.9 Å². The number of benzene rings is 1. The summed E-state index contributed by atoms with van der Waals surface area (Å²) in [6.45, 7) is 6.50. The average Bonchev–Trinajstić information content (AvgIpc) is 2.84. The van der Waals surface area contributed by atoms with E-state index >= 15 is 0 Å². The number of hydrogen-bond acceptors (Lipinski definition) is 3. The van der Waals surface area contributed by atoms with Crippen LogP contribution in [0.15, 0.2) is 23.6 Å². The van der Waals surface area contributed by atoms with E-state index in [1.807, 2.05) is 25.2 Å². The third-order valence-electron chi connectivity index (χ3n) is 3.10.